The fraction of sp³-hybridized carbons (Fsp3) is 1.00. The Labute approximate surface area is 66.7 Å². The normalized spacial score (nSPS) is 34.1. The van der Waals surface area contributed by atoms with Crippen LogP contribution in [0.5, 0.6) is 0 Å². The summed E-state index contributed by atoms with van der Waals surface area (Å²) in [6.07, 6.45) is 1.17. The third kappa shape index (κ3) is 1.39. The van der Waals surface area contributed by atoms with E-state index in [1.54, 1.807) is 0 Å². The summed E-state index contributed by atoms with van der Waals surface area (Å²) < 4.78 is 5.12. The van der Waals surface area contributed by atoms with E-state index in [1.807, 2.05) is 0 Å². The van der Waals surface area contributed by atoms with Gasteiger partial charge in [0.2, 0.25) is 0 Å². The van der Waals surface area contributed by atoms with Crippen LogP contribution in [0.2, 0.25) is 0 Å². The number of ether oxygens (including phenoxy) is 1. The first-order chi connectivity index (χ1) is 5.40. The minimum absolute atomic E-state index is 0.496. The molecule has 1 atom stereocenters. The van der Waals surface area contributed by atoms with Crippen molar-refractivity contribution in [1.29, 1.82) is 0 Å². The van der Waals surface area contributed by atoms with Crippen molar-refractivity contribution in [3.05, 3.63) is 0 Å². The molecule has 2 heterocycles. The van der Waals surface area contributed by atoms with Gasteiger partial charge in [-0.2, -0.15) is 0 Å². The molecule has 0 spiro atoms. The third-order valence-electron chi connectivity index (χ3n) is 2.59. The molecule has 2 rings (SSSR count). The molecule has 64 valence electrons. The summed E-state index contributed by atoms with van der Waals surface area (Å²) >= 11 is 0. The quantitative estimate of drug-likeness (QED) is 0.395. The van der Waals surface area contributed by atoms with Crippen LogP contribution in [0.25, 0.3) is 0 Å². The van der Waals surface area contributed by atoms with E-state index in [2.05, 4.69) is 10.3 Å². The monoisotopic (exact) mass is 157 g/mol. The van der Waals surface area contributed by atoms with E-state index in [0.717, 1.165) is 19.8 Å². The second-order valence-electron chi connectivity index (χ2n) is 3.34. The van der Waals surface area contributed by atoms with E-state index in [4.69, 9.17) is 10.6 Å². The minimum atomic E-state index is 0.496. The predicted octanol–water partition coefficient (Wildman–Crippen LogP) is -1.08. The summed E-state index contributed by atoms with van der Waals surface area (Å²) in [7, 11) is 0. The highest BCUT2D eigenvalue weighted by molar-refractivity contribution is 4.86. The molecule has 0 aromatic heterocycles. The van der Waals surface area contributed by atoms with E-state index < -0.39 is 0 Å². The largest absolute Gasteiger partial charge is 0.378 e. The Bertz CT molecular complexity index is 138. The minimum Gasteiger partial charge on any atom is -0.378 e. The summed E-state index contributed by atoms with van der Waals surface area (Å²) in [5, 5.41) is 0. The number of nitrogens with zero attached hydrogens (tertiary/aromatic N) is 1. The molecule has 2 saturated heterocycles. The lowest BCUT2D eigenvalue weighted by Crippen LogP contribution is -2.49. The molecule has 2 aliphatic heterocycles. The Kier molecular flexibility index (Phi) is 2.09. The Morgan fingerprint density at radius 1 is 1.45 bits per heavy atom. The van der Waals surface area contributed by atoms with E-state index in [-0.39, 0.29) is 0 Å². The number of hydrogen-bond donors (Lipinski definition) is 2. The van der Waals surface area contributed by atoms with Crippen LogP contribution in [-0.2, 0) is 4.74 Å². The average Bonchev–Trinajstić information content (AvgIpc) is 2.32. The maximum atomic E-state index is 5.35. The van der Waals surface area contributed by atoms with E-state index in [1.165, 1.54) is 13.0 Å². The highest BCUT2D eigenvalue weighted by atomic mass is 16.5. The van der Waals surface area contributed by atoms with Crippen LogP contribution in [0.4, 0.5) is 0 Å². The van der Waals surface area contributed by atoms with Crippen molar-refractivity contribution in [3.8, 4) is 0 Å². The predicted molar refractivity (Wildman–Crippen MR) is 41.9 cm³/mol. The van der Waals surface area contributed by atoms with Gasteiger partial charge in [0.1, 0.15) is 0 Å². The molecule has 0 bridgehead atoms. The van der Waals surface area contributed by atoms with E-state index in [0.29, 0.717) is 12.1 Å². The van der Waals surface area contributed by atoms with Gasteiger partial charge in [-0.15, -0.1) is 0 Å². The maximum absolute atomic E-state index is 5.35. The Morgan fingerprint density at radius 2 is 2.27 bits per heavy atom. The first-order valence-electron chi connectivity index (χ1n) is 4.18. The van der Waals surface area contributed by atoms with Crippen molar-refractivity contribution in [2.45, 2.75) is 18.5 Å². The molecular weight excluding hydrogens is 142 g/mol. The van der Waals surface area contributed by atoms with Crippen molar-refractivity contribution < 1.29 is 4.74 Å². The fourth-order valence-corrected chi connectivity index (χ4v) is 1.69. The average molecular weight is 157 g/mol. The van der Waals surface area contributed by atoms with Gasteiger partial charge in [-0.05, 0) is 6.42 Å². The van der Waals surface area contributed by atoms with Crippen molar-refractivity contribution >= 4 is 0 Å². The lowest BCUT2D eigenvalue weighted by Gasteiger charge is -2.34. The van der Waals surface area contributed by atoms with E-state index in [9.17, 15) is 0 Å². The van der Waals surface area contributed by atoms with Crippen LogP contribution < -0.4 is 11.3 Å². The molecule has 0 unspecified atom stereocenters. The van der Waals surface area contributed by atoms with Crippen LogP contribution >= 0.6 is 0 Å². The topological polar surface area (TPSA) is 50.5 Å². The Hall–Kier alpha value is -0.160. The fourth-order valence-electron chi connectivity index (χ4n) is 1.69. The zero-order chi connectivity index (χ0) is 7.68. The van der Waals surface area contributed by atoms with Gasteiger partial charge in [0.15, 0.2) is 0 Å². The molecule has 3 N–H and O–H groups in total. The second kappa shape index (κ2) is 3.06. The summed E-state index contributed by atoms with van der Waals surface area (Å²) in [5.74, 6) is 5.35. The van der Waals surface area contributed by atoms with Crippen LogP contribution in [0.1, 0.15) is 6.42 Å². The molecule has 0 aromatic carbocycles. The molecule has 0 amide bonds. The Balaban J connectivity index is 1.79. The molecule has 0 aromatic rings. The molecular formula is C7H15N3O. The van der Waals surface area contributed by atoms with Gasteiger partial charge in [0, 0.05) is 19.1 Å². The third-order valence-corrected chi connectivity index (χ3v) is 2.59. The number of hydrazine groups is 1. The van der Waals surface area contributed by atoms with Gasteiger partial charge in [0.05, 0.1) is 19.3 Å². The molecule has 0 saturated carbocycles. The number of likely N-dealkylation sites (tertiary alicyclic amines) is 1. The van der Waals surface area contributed by atoms with Gasteiger partial charge in [0.25, 0.3) is 0 Å². The lowest BCUT2D eigenvalue weighted by atomic mass is 10.2. The summed E-state index contributed by atoms with van der Waals surface area (Å²) in [6, 6.07) is 1.17. The standard InChI is InChI=1S/C7H15N3O/c8-9-6-1-2-10(3-6)7-4-11-5-7/h6-7,9H,1-5,8H2/t6-/m1/s1. The van der Waals surface area contributed by atoms with Gasteiger partial charge in [-0.25, -0.2) is 0 Å². The first-order valence-corrected chi connectivity index (χ1v) is 4.18. The maximum Gasteiger partial charge on any atom is 0.0645 e. The molecule has 2 aliphatic rings. The molecule has 0 aliphatic carbocycles. The number of nitrogens with two attached hydrogens (primary N) is 1. The first kappa shape index (κ1) is 7.49. The smallest absolute Gasteiger partial charge is 0.0645 e. The van der Waals surface area contributed by atoms with Gasteiger partial charge in [-0.1, -0.05) is 0 Å². The van der Waals surface area contributed by atoms with Crippen LogP contribution in [0, 0.1) is 0 Å². The van der Waals surface area contributed by atoms with E-state index >= 15 is 0 Å². The summed E-state index contributed by atoms with van der Waals surface area (Å²) in [6.45, 7) is 4.09. The van der Waals surface area contributed by atoms with Crippen LogP contribution in [-0.4, -0.2) is 43.3 Å². The van der Waals surface area contributed by atoms with Crippen molar-refractivity contribution in [2.24, 2.45) is 5.84 Å². The molecule has 11 heavy (non-hydrogen) atoms. The van der Waals surface area contributed by atoms with Crippen LogP contribution in [0.15, 0.2) is 0 Å². The second-order valence-corrected chi connectivity index (χ2v) is 3.34. The highest BCUT2D eigenvalue weighted by Crippen LogP contribution is 2.17. The Morgan fingerprint density at radius 3 is 2.73 bits per heavy atom. The molecule has 4 heteroatoms. The summed E-state index contributed by atoms with van der Waals surface area (Å²) in [5.41, 5.74) is 2.81. The number of rotatable bonds is 2. The molecule has 2 fully saturated rings. The number of nitrogens with one attached hydrogen (secondary N) is 1. The van der Waals surface area contributed by atoms with Gasteiger partial charge >= 0.3 is 0 Å². The zero-order valence-corrected chi connectivity index (χ0v) is 6.62. The summed E-state index contributed by atoms with van der Waals surface area (Å²) in [4.78, 5) is 2.45. The van der Waals surface area contributed by atoms with Gasteiger partial charge in [-0.3, -0.25) is 16.2 Å². The molecule has 4 nitrogen and oxygen atoms in total. The van der Waals surface area contributed by atoms with Crippen molar-refractivity contribution in [3.63, 3.8) is 0 Å². The SMILES string of the molecule is NN[C@@H]1CCN(C2COC2)C1. The lowest BCUT2D eigenvalue weighted by molar-refractivity contribution is -0.0575. The molecule has 0 radical (unpaired) electrons. The number of hydrogen-bond acceptors (Lipinski definition) is 4. The van der Waals surface area contributed by atoms with Crippen molar-refractivity contribution in [2.75, 3.05) is 26.3 Å². The van der Waals surface area contributed by atoms with Crippen LogP contribution in [0.3, 0.4) is 0 Å². The highest BCUT2D eigenvalue weighted by Gasteiger charge is 2.31. The van der Waals surface area contributed by atoms with Crippen molar-refractivity contribution in [1.82, 2.24) is 10.3 Å². The van der Waals surface area contributed by atoms with Gasteiger partial charge < -0.3 is 4.74 Å². The zero-order valence-electron chi connectivity index (χ0n) is 6.62.